The standard InChI is InChI=1S/C29H42O8S.C22H36O6.S20/c1-6-27(4)15-23(37-24(32)17-36-38(34,35)20-9-7-18(2)8-10-20)28(5)19(3)11-13-29(21(16-30)26(27)33)14-12-22(31)25(28)29;1-5-20(3)10-16(28-17(26)12-24)21(4)13(2)6-8-22(14(11-23)19(20)27)9-7-15(25)18(21)22;1-3-5-7-9-11-13-15-17-19-20-18-16-14-12-10-8-6-4-2/h7-10,19,21,23,25-26,30,33H,6,11-17H2,1-5H3;13-14,16,18-19,23-24,27H,5-12H2,1-4H3;/t19-,21+,23-,25?,26+,27+,28+,29+;13-,14+,16-,18?,19+,20+,21+,22+;/m11./s1. The van der Waals surface area contributed by atoms with Crippen LogP contribution in [0.4, 0.5) is 0 Å². The molecule has 4 bridgehead atoms. The maximum Gasteiger partial charge on any atom is 0.333 e. The molecule has 0 aromatic heterocycles. The van der Waals surface area contributed by atoms with Gasteiger partial charge in [0.05, 0.1) is 17.1 Å². The third kappa shape index (κ3) is 18.4. The maximum absolute atomic E-state index is 13.5. The summed E-state index contributed by atoms with van der Waals surface area (Å²) in [5, 5.41) is 53.3. The molecule has 0 spiro atoms. The number of rotatable bonds is 11. The molecule has 16 atom stereocenters. The van der Waals surface area contributed by atoms with E-state index in [0.29, 0.717) is 44.9 Å². The SMILES string of the molecule is CC[C@@]1(C)C[C@@H](OC(=O)CO)[C@@]2(C)C3C(=O)CC[C@@]3(CC[C@H]2C)[C@@H](CO)[C@@H]1O.CC[C@@]1(C)C[C@@H](OC(=O)COS(=O)(=O)c2ccc(C)cc2)[C@@]2(C)C3C(=O)CC[C@@]3(CC[C@H]2C)[C@@H](CO)[C@@H]1O.S=S=S=S=S=S=S=S=S=S=S=S=S=S=S=S=S=S=S=S. The van der Waals surface area contributed by atoms with Gasteiger partial charge in [0, 0.05) is 243 Å². The molecule has 86 heavy (non-hydrogen) atoms. The summed E-state index contributed by atoms with van der Waals surface area (Å²) in [6.07, 6.45) is 4.21. The fraction of sp³-hybridized carbons (Fsp3) is 0.804. The van der Waals surface area contributed by atoms with E-state index in [-0.39, 0.29) is 59.8 Å². The summed E-state index contributed by atoms with van der Waals surface area (Å²) in [7, 11) is 26.7. The van der Waals surface area contributed by atoms with Crippen molar-refractivity contribution in [2.45, 2.75) is 169 Å². The summed E-state index contributed by atoms with van der Waals surface area (Å²) < 4.78 is 42.2. The smallest absolute Gasteiger partial charge is 0.333 e. The number of ether oxygens (including phenoxy) is 2. The molecule has 14 nitrogen and oxygen atoms in total. The van der Waals surface area contributed by atoms with Gasteiger partial charge in [-0.05, 0) is 117 Å². The van der Waals surface area contributed by atoms with Crippen molar-refractivity contribution in [3.05, 3.63) is 29.8 Å². The molecule has 0 saturated heterocycles. The number of Topliss-reactive ketones (excluding diaryl/α,β-unsaturated/α-hetero) is 2. The van der Waals surface area contributed by atoms with Gasteiger partial charge < -0.3 is 35.0 Å². The lowest BCUT2D eigenvalue weighted by Crippen LogP contribution is -2.64. The Hall–Kier alpha value is 1.61. The van der Waals surface area contributed by atoms with Crippen LogP contribution in [0.1, 0.15) is 138 Å². The molecule has 35 heteroatoms. The highest BCUT2D eigenvalue weighted by molar-refractivity contribution is 8.78. The van der Waals surface area contributed by atoms with Crippen molar-refractivity contribution in [1.82, 2.24) is 0 Å². The van der Waals surface area contributed by atoms with E-state index in [0.717, 1.165) is 31.2 Å². The highest BCUT2D eigenvalue weighted by Crippen LogP contribution is 2.70. The molecule has 0 amide bonds. The van der Waals surface area contributed by atoms with E-state index in [1.807, 2.05) is 41.5 Å². The number of hydrogen-bond donors (Lipinski definition) is 5. The van der Waals surface area contributed by atoms with Crippen LogP contribution in [0.5, 0.6) is 0 Å². The first-order valence-corrected chi connectivity index (χ1v) is 54.4. The molecule has 7 rings (SSSR count). The Kier molecular flexibility index (Phi) is 32.9. The molecule has 6 aliphatic carbocycles. The number of ketones is 2. The van der Waals surface area contributed by atoms with Crippen LogP contribution in [0, 0.1) is 74.9 Å². The second kappa shape index (κ2) is 36.1. The summed E-state index contributed by atoms with van der Waals surface area (Å²) in [6.45, 7) is 16.1. The molecule has 6 fully saturated rings. The second-order valence-electron chi connectivity index (χ2n) is 23.6. The average molecular weight is 1590 g/mol. The predicted octanol–water partition coefficient (Wildman–Crippen LogP) is 5.84. The summed E-state index contributed by atoms with van der Waals surface area (Å²) >= 11 is 9.51. The van der Waals surface area contributed by atoms with Crippen LogP contribution in [0.3, 0.4) is 0 Å². The van der Waals surface area contributed by atoms with E-state index in [2.05, 4.69) is 20.8 Å². The van der Waals surface area contributed by atoms with Crippen LogP contribution in [0.15, 0.2) is 29.2 Å². The fourth-order valence-electron chi connectivity index (χ4n) is 14.9. The number of carbonyl (C=O) groups excluding carboxylic acids is 4. The zero-order chi connectivity index (χ0) is 63.7. The van der Waals surface area contributed by atoms with Crippen LogP contribution >= 0.6 is 0 Å². The lowest BCUT2D eigenvalue weighted by molar-refractivity contribution is -0.219. The molecule has 0 radical (unpaired) electrons. The molecule has 0 aliphatic heterocycles. The molecule has 492 valence electrons. The molecular formula is C51H78O14S21. The first kappa shape index (κ1) is 78.3. The van der Waals surface area contributed by atoms with Gasteiger partial charge in [0.15, 0.2) is 6.61 Å². The largest absolute Gasteiger partial charge is 0.460 e. The molecule has 1 aromatic carbocycles. The van der Waals surface area contributed by atoms with Gasteiger partial charge in [-0.15, -0.1) is 0 Å². The van der Waals surface area contributed by atoms with E-state index in [4.69, 9.17) is 36.0 Å². The minimum absolute atomic E-state index is 0.0355. The average Bonchev–Trinajstić information content (AvgIpc) is 1.35. The van der Waals surface area contributed by atoms with E-state index in [1.165, 1.54) is 29.9 Å². The molecule has 2 unspecified atom stereocenters. The van der Waals surface area contributed by atoms with Gasteiger partial charge in [-0.25, -0.2) is 9.59 Å². The van der Waals surface area contributed by atoms with Crippen molar-refractivity contribution in [3.8, 4) is 0 Å². The van der Waals surface area contributed by atoms with Gasteiger partial charge in [0.2, 0.25) is 0 Å². The first-order valence-electron chi connectivity index (χ1n) is 27.6. The van der Waals surface area contributed by atoms with Crippen molar-refractivity contribution >= 4 is 216 Å². The van der Waals surface area contributed by atoms with Gasteiger partial charge in [-0.1, -0.05) is 73.1 Å². The Bertz CT molecular complexity index is 3540. The Labute approximate surface area is 568 Å². The molecular weight excluding hydrogens is 1510 g/mol. The minimum Gasteiger partial charge on any atom is -0.460 e. The number of aliphatic hydroxyl groups is 5. The van der Waals surface area contributed by atoms with E-state index in [1.54, 1.807) is 154 Å². The number of benzene rings is 1. The van der Waals surface area contributed by atoms with Gasteiger partial charge in [0.25, 0.3) is 10.1 Å². The fourth-order valence-corrected chi connectivity index (χ4v) is 59.7. The minimum atomic E-state index is -4.16. The monoisotopic (exact) mass is 1590 g/mol. The van der Waals surface area contributed by atoms with Crippen molar-refractivity contribution in [1.29, 1.82) is 0 Å². The normalized spacial score (nSPS) is 34.9. The third-order valence-corrected chi connectivity index (χ3v) is 59.1. The van der Waals surface area contributed by atoms with Crippen LogP contribution in [-0.2, 0) is 225 Å². The summed E-state index contributed by atoms with van der Waals surface area (Å²) in [5.74, 6) is -2.72. The molecule has 5 N–H and O–H groups in total. The zero-order valence-corrected chi connectivity index (χ0v) is 66.0. The van der Waals surface area contributed by atoms with E-state index >= 15 is 0 Å². The second-order valence-corrected chi connectivity index (χ2v) is 57.1. The van der Waals surface area contributed by atoms with Crippen molar-refractivity contribution in [2.75, 3.05) is 26.4 Å². The Morgan fingerprint density at radius 3 is 1.26 bits per heavy atom. The van der Waals surface area contributed by atoms with Crippen LogP contribution in [0.25, 0.3) is 0 Å². The third-order valence-electron chi connectivity index (χ3n) is 20.1. The lowest BCUT2D eigenvalue weighted by Gasteiger charge is -2.62. The highest BCUT2D eigenvalue weighted by Gasteiger charge is 2.71. The number of aliphatic hydroxyl groups excluding tert-OH is 5. The quantitative estimate of drug-likeness (QED) is 0.130. The number of aryl methyl sites for hydroxylation is 1. The number of hydrogen-bond acceptors (Lipinski definition) is 16. The topological polar surface area (TPSA) is 231 Å². The number of esters is 2. The van der Waals surface area contributed by atoms with E-state index < -0.39 is 104 Å². The zero-order valence-electron chi connectivity index (χ0n) is 48.9. The van der Waals surface area contributed by atoms with Crippen LogP contribution in [-0.4, -0.2) is 108 Å². The van der Waals surface area contributed by atoms with E-state index in [9.17, 15) is 53.1 Å². The Morgan fingerprint density at radius 1 is 0.581 bits per heavy atom. The predicted molar refractivity (Wildman–Crippen MR) is 391 cm³/mol. The van der Waals surface area contributed by atoms with Crippen LogP contribution in [0.2, 0.25) is 0 Å². The molecule has 6 saturated carbocycles. The van der Waals surface area contributed by atoms with Gasteiger partial charge >= 0.3 is 11.9 Å². The van der Waals surface area contributed by atoms with Crippen molar-refractivity contribution in [3.63, 3.8) is 0 Å². The molecule has 0 heterocycles. The van der Waals surface area contributed by atoms with Crippen LogP contribution < -0.4 is 0 Å². The van der Waals surface area contributed by atoms with Gasteiger partial charge in [-0.3, -0.25) is 13.8 Å². The highest BCUT2D eigenvalue weighted by atomic mass is 33.5. The first-order chi connectivity index (χ1) is 40.8. The van der Waals surface area contributed by atoms with Crippen molar-refractivity contribution in [2.24, 2.45) is 68.0 Å². The summed E-state index contributed by atoms with van der Waals surface area (Å²) in [5.41, 5.74) is -2.70. The van der Waals surface area contributed by atoms with Gasteiger partial charge in [-0.2, -0.15) is 8.42 Å². The summed E-state index contributed by atoms with van der Waals surface area (Å²) in [6, 6.07) is 6.14. The Morgan fingerprint density at radius 2 is 0.930 bits per heavy atom. The molecule has 6 aliphatic rings. The van der Waals surface area contributed by atoms with Gasteiger partial charge in [0.1, 0.15) is 30.4 Å². The maximum atomic E-state index is 13.5. The summed E-state index contributed by atoms with van der Waals surface area (Å²) in [4.78, 5) is 51.9. The molecule has 1 aromatic rings. The Balaban J connectivity index is 0.000000249. The number of carbonyl (C=O) groups is 4. The lowest BCUT2D eigenvalue weighted by atomic mass is 9.43. The van der Waals surface area contributed by atoms with Crippen molar-refractivity contribution < 1.29 is 66.8 Å².